The third kappa shape index (κ3) is 9.81. The quantitative estimate of drug-likeness (QED) is 0.266. The molecule has 218 valence electrons. The topological polar surface area (TPSA) is 50.8 Å². The van der Waals surface area contributed by atoms with E-state index in [4.69, 9.17) is 9.47 Å². The summed E-state index contributed by atoms with van der Waals surface area (Å²) in [4.78, 5) is 14.5. The fourth-order valence-electron chi connectivity index (χ4n) is 4.06. The Balaban J connectivity index is 2.17. The Morgan fingerprint density at radius 1 is 1.15 bits per heavy atom. The summed E-state index contributed by atoms with van der Waals surface area (Å²) in [6.45, 7) is 14.2. The van der Waals surface area contributed by atoms with Crippen LogP contribution in [0.5, 0.6) is 11.5 Å². The molecule has 1 heterocycles. The van der Waals surface area contributed by atoms with Crippen molar-refractivity contribution in [1.82, 2.24) is 10.2 Å². The van der Waals surface area contributed by atoms with Crippen molar-refractivity contribution in [3.63, 3.8) is 0 Å². The second-order valence-corrected chi connectivity index (χ2v) is 10.2. The Bertz CT molecular complexity index is 1200. The van der Waals surface area contributed by atoms with E-state index in [1.54, 1.807) is 12.1 Å². The van der Waals surface area contributed by atoms with Gasteiger partial charge in [-0.15, -0.1) is 0 Å². The van der Waals surface area contributed by atoms with E-state index < -0.39 is 18.6 Å². The normalized spacial score (nSPS) is 15.5. The molecule has 5 nitrogen and oxygen atoms in total. The molecule has 1 unspecified atom stereocenters. The van der Waals surface area contributed by atoms with Crippen LogP contribution in [0.15, 0.2) is 77.7 Å². The Labute approximate surface area is 236 Å². The maximum Gasteiger partial charge on any atom is 0.405 e. The molecule has 40 heavy (non-hydrogen) atoms. The molecule has 1 aliphatic rings. The molecule has 1 aromatic carbocycles. The zero-order valence-corrected chi connectivity index (χ0v) is 24.5. The second kappa shape index (κ2) is 14.6. The maximum absolute atomic E-state index is 12.6. The zero-order chi connectivity index (χ0) is 30.0. The van der Waals surface area contributed by atoms with Crippen LogP contribution in [-0.2, 0) is 0 Å². The van der Waals surface area contributed by atoms with Gasteiger partial charge in [-0.05, 0) is 66.2 Å². The minimum absolute atomic E-state index is 0.0911. The summed E-state index contributed by atoms with van der Waals surface area (Å²) >= 11 is 0. The summed E-state index contributed by atoms with van der Waals surface area (Å²) in [5.41, 5.74) is 5.13. The minimum Gasteiger partial charge on any atom is -0.496 e. The number of nitrogens with one attached hydrogen (secondary N) is 1. The molecule has 1 aliphatic heterocycles. The average molecular weight is 559 g/mol. The molecule has 0 aromatic heterocycles. The number of hydrogen-bond acceptors (Lipinski definition) is 4. The lowest BCUT2D eigenvalue weighted by Gasteiger charge is -2.27. The molecule has 1 aromatic rings. The predicted molar refractivity (Wildman–Crippen MR) is 156 cm³/mol. The van der Waals surface area contributed by atoms with E-state index in [1.165, 1.54) is 25.4 Å². The molecule has 8 heteroatoms. The lowest BCUT2D eigenvalue weighted by atomic mass is 9.96. The smallest absolute Gasteiger partial charge is 0.405 e. The van der Waals surface area contributed by atoms with Crippen LogP contribution in [0.4, 0.5) is 13.2 Å². The van der Waals surface area contributed by atoms with E-state index in [2.05, 4.69) is 70.4 Å². The summed E-state index contributed by atoms with van der Waals surface area (Å²) in [6, 6.07) is 3.19. The molecular formula is C32H41F3N2O3. The van der Waals surface area contributed by atoms with Crippen LogP contribution in [0.1, 0.15) is 57.0 Å². The molecule has 0 saturated carbocycles. The SMILES string of the molecule is C=C1C=C(C(/C=C(/C)CC)=C/C(C)C)C=CN1CC(C)/C=C/c1cc(OC)c(C(=O)NCC(F)(F)F)c(OC)c1. The molecule has 1 amide bonds. The van der Waals surface area contributed by atoms with Gasteiger partial charge < -0.3 is 19.7 Å². The Morgan fingerprint density at radius 3 is 2.27 bits per heavy atom. The number of benzene rings is 1. The molecular weight excluding hydrogens is 517 g/mol. The standard InChI is InChI=1S/C32H41F3N2O3/c1-9-22(4)15-27(14-21(2)3)26-12-13-37(24(6)16-26)19-23(5)10-11-25-17-28(39-7)30(29(18-25)40-8)31(38)36-20-32(33,34)35/h10-18,21,23H,6,9,19-20H2,1-5,7-8H3,(H,36,38)/b11-10+,22-15-,27-14+. The van der Waals surface area contributed by atoms with Crippen molar-refractivity contribution in [2.24, 2.45) is 11.8 Å². The van der Waals surface area contributed by atoms with E-state index in [0.29, 0.717) is 18.0 Å². The van der Waals surface area contributed by atoms with Crippen molar-refractivity contribution in [2.45, 2.75) is 47.2 Å². The van der Waals surface area contributed by atoms with Gasteiger partial charge >= 0.3 is 6.18 Å². The molecule has 0 aliphatic carbocycles. The van der Waals surface area contributed by atoms with Gasteiger partial charge in [-0.2, -0.15) is 13.2 Å². The second-order valence-electron chi connectivity index (χ2n) is 10.2. The monoisotopic (exact) mass is 558 g/mol. The minimum atomic E-state index is -4.53. The number of halogens is 3. The van der Waals surface area contributed by atoms with Crippen molar-refractivity contribution in [1.29, 1.82) is 0 Å². The number of carbonyl (C=O) groups excluding carboxylic acids is 1. The van der Waals surface area contributed by atoms with E-state index in [9.17, 15) is 18.0 Å². The molecule has 0 fully saturated rings. The number of methoxy groups -OCH3 is 2. The summed E-state index contributed by atoms with van der Waals surface area (Å²) < 4.78 is 48.4. The van der Waals surface area contributed by atoms with E-state index in [-0.39, 0.29) is 23.0 Å². The van der Waals surface area contributed by atoms with Gasteiger partial charge in [-0.3, -0.25) is 4.79 Å². The highest BCUT2D eigenvalue weighted by Crippen LogP contribution is 2.32. The first-order valence-electron chi connectivity index (χ1n) is 13.3. The number of ether oxygens (including phenoxy) is 2. The highest BCUT2D eigenvalue weighted by Gasteiger charge is 2.29. The first-order chi connectivity index (χ1) is 18.8. The third-order valence-electron chi connectivity index (χ3n) is 6.24. The Kier molecular flexibility index (Phi) is 11.9. The fourth-order valence-corrected chi connectivity index (χ4v) is 4.06. The molecule has 1 N–H and O–H groups in total. The van der Waals surface area contributed by atoms with Crippen LogP contribution in [0.2, 0.25) is 0 Å². The molecule has 1 atom stereocenters. The molecule has 0 bridgehead atoms. The van der Waals surface area contributed by atoms with Crippen molar-refractivity contribution >= 4 is 12.0 Å². The predicted octanol–water partition coefficient (Wildman–Crippen LogP) is 7.85. The molecule has 0 radical (unpaired) electrons. The van der Waals surface area contributed by atoms with Crippen LogP contribution < -0.4 is 14.8 Å². The number of nitrogens with zero attached hydrogens (tertiary/aromatic N) is 1. The first-order valence-corrected chi connectivity index (χ1v) is 13.3. The molecule has 0 spiro atoms. The van der Waals surface area contributed by atoms with Crippen LogP contribution in [-0.4, -0.2) is 44.3 Å². The number of rotatable bonds is 12. The third-order valence-corrected chi connectivity index (χ3v) is 6.24. The van der Waals surface area contributed by atoms with E-state index >= 15 is 0 Å². The summed E-state index contributed by atoms with van der Waals surface area (Å²) in [5, 5.41) is 1.87. The number of carbonyl (C=O) groups is 1. The summed E-state index contributed by atoms with van der Waals surface area (Å²) in [5.74, 6) is -0.148. The van der Waals surface area contributed by atoms with Gasteiger partial charge in [0.2, 0.25) is 0 Å². The molecule has 0 saturated heterocycles. The van der Waals surface area contributed by atoms with Gasteiger partial charge in [0, 0.05) is 18.4 Å². The lowest BCUT2D eigenvalue weighted by molar-refractivity contribution is -0.123. The van der Waals surface area contributed by atoms with E-state index in [0.717, 1.165) is 17.7 Å². The number of hydrogen-bond donors (Lipinski definition) is 1. The van der Waals surface area contributed by atoms with Gasteiger partial charge in [-0.1, -0.05) is 64.2 Å². The highest BCUT2D eigenvalue weighted by molar-refractivity contribution is 6.00. The summed E-state index contributed by atoms with van der Waals surface area (Å²) in [7, 11) is 2.70. The van der Waals surface area contributed by atoms with Crippen molar-refractivity contribution < 1.29 is 27.4 Å². The van der Waals surface area contributed by atoms with Crippen LogP contribution in [0.3, 0.4) is 0 Å². The molecule has 2 rings (SSSR count). The maximum atomic E-state index is 12.6. The van der Waals surface area contributed by atoms with E-state index in [1.807, 2.05) is 23.7 Å². The Hall–Kier alpha value is -3.68. The van der Waals surface area contributed by atoms with Crippen LogP contribution in [0, 0.1) is 11.8 Å². The van der Waals surface area contributed by atoms with Gasteiger partial charge in [0.25, 0.3) is 5.91 Å². The van der Waals surface area contributed by atoms with Crippen molar-refractivity contribution in [3.05, 3.63) is 88.8 Å². The number of amides is 1. The van der Waals surface area contributed by atoms with Gasteiger partial charge in [0.15, 0.2) is 0 Å². The average Bonchev–Trinajstić information content (AvgIpc) is 2.89. The Morgan fingerprint density at radius 2 is 1.77 bits per heavy atom. The van der Waals surface area contributed by atoms with Crippen molar-refractivity contribution in [3.8, 4) is 11.5 Å². The summed E-state index contributed by atoms with van der Waals surface area (Å²) in [6.07, 6.45) is 11.1. The van der Waals surface area contributed by atoms with Crippen LogP contribution in [0.25, 0.3) is 6.08 Å². The van der Waals surface area contributed by atoms with Gasteiger partial charge in [-0.25, -0.2) is 0 Å². The van der Waals surface area contributed by atoms with Gasteiger partial charge in [0.05, 0.1) is 14.2 Å². The number of alkyl halides is 3. The highest BCUT2D eigenvalue weighted by atomic mass is 19.4. The number of allylic oxidation sites excluding steroid dienone is 7. The fraction of sp³-hybridized carbons (Fsp3) is 0.406. The first kappa shape index (κ1) is 32.5. The lowest BCUT2D eigenvalue weighted by Crippen LogP contribution is -2.34. The van der Waals surface area contributed by atoms with Gasteiger partial charge in [0.1, 0.15) is 23.6 Å². The zero-order valence-electron chi connectivity index (χ0n) is 24.5. The van der Waals surface area contributed by atoms with Crippen molar-refractivity contribution in [2.75, 3.05) is 27.3 Å². The largest absolute Gasteiger partial charge is 0.496 e. The van der Waals surface area contributed by atoms with Crippen LogP contribution >= 0.6 is 0 Å².